The third-order valence-electron chi connectivity index (χ3n) is 5.82. The Kier molecular flexibility index (Phi) is 6.91. The van der Waals surface area contributed by atoms with Crippen LogP contribution in [0.25, 0.3) is 15.2 Å². The number of hydrogen-bond donors (Lipinski definition) is 1. The maximum Gasteiger partial charge on any atom is 0.333 e. The number of ether oxygens (including phenoxy) is 1. The van der Waals surface area contributed by atoms with Gasteiger partial charge in [-0.2, -0.15) is 10.2 Å². The van der Waals surface area contributed by atoms with Gasteiger partial charge in [0.25, 0.3) is 5.56 Å². The molecule has 3 aromatic heterocycles. The lowest BCUT2D eigenvalue weighted by molar-refractivity contribution is -0.146. The smallest absolute Gasteiger partial charge is 0.333 e. The molecule has 33 heavy (non-hydrogen) atoms. The molecular weight excluding hydrogens is 448 g/mol. The predicted octanol–water partition coefficient (Wildman–Crippen LogP) is 1.46. The highest BCUT2D eigenvalue weighted by Gasteiger charge is 2.36. The Morgan fingerprint density at radius 3 is 2.39 bits per heavy atom. The maximum atomic E-state index is 13.7. The highest BCUT2D eigenvalue weighted by molar-refractivity contribution is 7.21. The van der Waals surface area contributed by atoms with E-state index in [1.54, 1.807) is 6.92 Å². The number of carboxylic acid groups (broad SMARTS) is 1. The zero-order valence-corrected chi connectivity index (χ0v) is 20.7. The highest BCUT2D eigenvalue weighted by Crippen LogP contribution is 2.32. The average Bonchev–Trinajstić information content (AvgIpc) is 3.35. The van der Waals surface area contributed by atoms with Crippen molar-refractivity contribution in [3.05, 3.63) is 38.8 Å². The molecule has 0 amide bonds. The van der Waals surface area contributed by atoms with E-state index in [2.05, 4.69) is 10.2 Å². The lowest BCUT2D eigenvalue weighted by Gasteiger charge is -2.28. The van der Waals surface area contributed by atoms with E-state index in [1.165, 1.54) is 46.9 Å². The van der Waals surface area contributed by atoms with Gasteiger partial charge in [-0.25, -0.2) is 14.2 Å². The number of rotatable bonds is 9. The van der Waals surface area contributed by atoms with Crippen molar-refractivity contribution in [1.29, 1.82) is 0 Å². The molecule has 0 bridgehead atoms. The van der Waals surface area contributed by atoms with Crippen molar-refractivity contribution in [1.82, 2.24) is 29.0 Å². The fourth-order valence-corrected chi connectivity index (χ4v) is 4.83. The molecular formula is C21H30N6O5S. The monoisotopic (exact) mass is 478 g/mol. The molecule has 0 saturated carbocycles. The number of fused-ring (bicyclic) bond motifs is 1. The molecule has 0 aliphatic carbocycles. The molecule has 0 radical (unpaired) electrons. The fraction of sp³-hybridized carbons (Fsp3) is 0.571. The standard InChI is InChI=1S/C21H30N6O5S/c1-12-15-16(28)26(21(4,5)19(29)30)20(31)25(13(2)14(3)32-11-10-24(6)7)18(15)33-17(12)27-22-8-9-23-27/h8-9,13-14H,10-11H2,1-7H3,(H,29,30)/t13?,14-/m1/s1. The van der Waals surface area contributed by atoms with E-state index in [4.69, 9.17) is 4.74 Å². The highest BCUT2D eigenvalue weighted by atomic mass is 32.1. The Labute approximate surface area is 194 Å². The van der Waals surface area contributed by atoms with E-state index in [0.717, 1.165) is 4.57 Å². The van der Waals surface area contributed by atoms with Gasteiger partial charge in [0.1, 0.15) is 15.4 Å². The minimum absolute atomic E-state index is 0.272. The van der Waals surface area contributed by atoms with Crippen molar-refractivity contribution >= 4 is 27.5 Å². The summed E-state index contributed by atoms with van der Waals surface area (Å²) in [6.07, 6.45) is 2.66. The Morgan fingerprint density at radius 1 is 1.24 bits per heavy atom. The first-order valence-corrected chi connectivity index (χ1v) is 11.4. The van der Waals surface area contributed by atoms with Crippen LogP contribution in [0.3, 0.4) is 0 Å². The first-order valence-electron chi connectivity index (χ1n) is 10.6. The number of thiophene rings is 1. The SMILES string of the molecule is Cc1c(-n2nccn2)sc2c1c(=O)n(C(C)(C)C(=O)O)c(=O)n2C(C)[C@@H](C)OCCN(C)C. The quantitative estimate of drug-likeness (QED) is 0.490. The van der Waals surface area contributed by atoms with Crippen molar-refractivity contribution in [2.75, 3.05) is 27.2 Å². The van der Waals surface area contributed by atoms with Crippen LogP contribution in [0.5, 0.6) is 0 Å². The van der Waals surface area contributed by atoms with Crippen molar-refractivity contribution in [2.24, 2.45) is 0 Å². The number of carboxylic acids is 1. The molecule has 0 saturated heterocycles. The molecule has 2 atom stereocenters. The van der Waals surface area contributed by atoms with Gasteiger partial charge in [-0.3, -0.25) is 9.36 Å². The van der Waals surface area contributed by atoms with Crippen LogP contribution < -0.4 is 11.2 Å². The Bertz CT molecular complexity index is 1270. The zero-order chi connectivity index (χ0) is 24.7. The van der Waals surface area contributed by atoms with E-state index >= 15 is 0 Å². The number of nitrogens with zero attached hydrogens (tertiary/aromatic N) is 6. The summed E-state index contributed by atoms with van der Waals surface area (Å²) in [4.78, 5) is 43.0. The molecule has 0 aliphatic heterocycles. The summed E-state index contributed by atoms with van der Waals surface area (Å²) in [6.45, 7) is 9.27. The van der Waals surface area contributed by atoms with Crippen LogP contribution in [-0.4, -0.2) is 73.5 Å². The minimum atomic E-state index is -1.75. The Hall–Kier alpha value is -2.83. The molecule has 0 aliphatic rings. The zero-order valence-electron chi connectivity index (χ0n) is 19.9. The third kappa shape index (κ3) is 4.37. The summed E-state index contributed by atoms with van der Waals surface area (Å²) in [7, 11) is 3.88. The van der Waals surface area contributed by atoms with Crippen molar-refractivity contribution < 1.29 is 14.6 Å². The van der Waals surface area contributed by atoms with Gasteiger partial charge in [0.15, 0.2) is 0 Å². The average molecular weight is 479 g/mol. The van der Waals surface area contributed by atoms with Gasteiger partial charge < -0.3 is 14.7 Å². The van der Waals surface area contributed by atoms with Crippen molar-refractivity contribution in [3.8, 4) is 5.00 Å². The number of likely N-dealkylation sites (N-methyl/N-ethyl adjacent to an activating group) is 1. The largest absolute Gasteiger partial charge is 0.480 e. The van der Waals surface area contributed by atoms with Crippen molar-refractivity contribution in [2.45, 2.75) is 52.3 Å². The van der Waals surface area contributed by atoms with Crippen LogP contribution in [0.2, 0.25) is 0 Å². The molecule has 0 fully saturated rings. The lowest BCUT2D eigenvalue weighted by atomic mass is 10.1. The molecule has 12 heteroatoms. The molecule has 3 heterocycles. The summed E-state index contributed by atoms with van der Waals surface area (Å²) >= 11 is 1.22. The van der Waals surface area contributed by atoms with E-state index in [1.807, 2.05) is 32.8 Å². The van der Waals surface area contributed by atoms with Crippen molar-refractivity contribution in [3.63, 3.8) is 0 Å². The number of aryl methyl sites for hydroxylation is 1. The molecule has 0 aromatic carbocycles. The Balaban J connectivity index is 2.31. The summed E-state index contributed by atoms with van der Waals surface area (Å²) in [5.74, 6) is -1.28. The predicted molar refractivity (Wildman–Crippen MR) is 126 cm³/mol. The third-order valence-corrected chi connectivity index (χ3v) is 7.08. The maximum absolute atomic E-state index is 13.7. The van der Waals surface area contributed by atoms with Gasteiger partial charge in [-0.15, -0.1) is 4.80 Å². The van der Waals surface area contributed by atoms with Gasteiger partial charge in [-0.05, 0) is 48.7 Å². The topological polar surface area (TPSA) is 124 Å². The van der Waals surface area contributed by atoms with Gasteiger partial charge in [0.2, 0.25) is 0 Å². The van der Waals surface area contributed by atoms with E-state index in [-0.39, 0.29) is 11.5 Å². The minimum Gasteiger partial charge on any atom is -0.480 e. The Morgan fingerprint density at radius 2 is 1.85 bits per heavy atom. The van der Waals surface area contributed by atoms with E-state index < -0.39 is 28.8 Å². The summed E-state index contributed by atoms with van der Waals surface area (Å²) in [5.41, 5.74) is -2.53. The van der Waals surface area contributed by atoms with Crippen LogP contribution in [0.1, 0.15) is 39.3 Å². The van der Waals surface area contributed by atoms with Crippen LogP contribution in [0.15, 0.2) is 22.0 Å². The van der Waals surface area contributed by atoms with Gasteiger partial charge in [-0.1, -0.05) is 11.3 Å². The van der Waals surface area contributed by atoms with Crippen LogP contribution >= 0.6 is 11.3 Å². The summed E-state index contributed by atoms with van der Waals surface area (Å²) in [6, 6.07) is -0.477. The second kappa shape index (κ2) is 9.20. The van der Waals surface area contributed by atoms with E-state index in [9.17, 15) is 19.5 Å². The molecule has 180 valence electrons. The van der Waals surface area contributed by atoms with Crippen LogP contribution in [0, 0.1) is 6.92 Å². The number of carbonyl (C=O) groups is 1. The number of hydrogen-bond acceptors (Lipinski definition) is 8. The second-order valence-electron chi connectivity index (χ2n) is 8.81. The normalized spacial score (nSPS) is 14.2. The van der Waals surface area contributed by atoms with Gasteiger partial charge >= 0.3 is 11.7 Å². The molecule has 3 rings (SSSR count). The fourth-order valence-electron chi connectivity index (χ4n) is 3.53. The van der Waals surface area contributed by atoms with Crippen LogP contribution in [0.4, 0.5) is 0 Å². The summed E-state index contributed by atoms with van der Waals surface area (Å²) in [5, 5.41) is 19.0. The first-order chi connectivity index (χ1) is 15.4. The van der Waals surface area contributed by atoms with Gasteiger partial charge in [0.05, 0.1) is 36.5 Å². The van der Waals surface area contributed by atoms with Gasteiger partial charge in [0, 0.05) is 12.1 Å². The summed E-state index contributed by atoms with van der Waals surface area (Å²) < 4.78 is 8.24. The molecule has 11 nitrogen and oxygen atoms in total. The lowest BCUT2D eigenvalue weighted by Crippen LogP contribution is -2.53. The number of aliphatic carboxylic acids is 1. The number of aromatic nitrogens is 5. The molecule has 3 aromatic rings. The second-order valence-corrected chi connectivity index (χ2v) is 9.79. The molecule has 1 unspecified atom stereocenters. The van der Waals surface area contributed by atoms with E-state index in [0.29, 0.717) is 28.5 Å². The van der Waals surface area contributed by atoms with Crippen LogP contribution in [-0.2, 0) is 15.1 Å². The first kappa shape index (κ1) is 24.8. The molecule has 0 spiro atoms. The molecule has 1 N–H and O–H groups in total.